The summed E-state index contributed by atoms with van der Waals surface area (Å²) < 4.78 is 0. The first-order valence-electron chi connectivity index (χ1n) is 4.98. The fraction of sp³-hybridized carbons (Fsp3) is 0.700. The van der Waals surface area contributed by atoms with Gasteiger partial charge < -0.3 is 11.1 Å². The largest absolute Gasteiger partial charge is 0.370 e. The van der Waals surface area contributed by atoms with Crippen LogP contribution in [0.5, 0.6) is 0 Å². The van der Waals surface area contributed by atoms with Gasteiger partial charge in [-0.25, -0.2) is 4.99 Å². The molecule has 1 saturated heterocycles. The van der Waals surface area contributed by atoms with E-state index in [1.165, 1.54) is 18.6 Å². The van der Waals surface area contributed by atoms with Crippen molar-refractivity contribution in [2.45, 2.75) is 25.0 Å². The third-order valence-electron chi connectivity index (χ3n) is 2.05. The summed E-state index contributed by atoms with van der Waals surface area (Å²) in [6.07, 6.45) is 2.63. The lowest BCUT2D eigenvalue weighted by Gasteiger charge is -2.10. The number of nitrogens with one attached hydrogen (secondary N) is 1. The van der Waals surface area contributed by atoms with E-state index in [9.17, 15) is 0 Å². The van der Waals surface area contributed by atoms with E-state index in [4.69, 9.17) is 5.73 Å². The van der Waals surface area contributed by atoms with Gasteiger partial charge in [0.1, 0.15) is 0 Å². The lowest BCUT2D eigenvalue weighted by Crippen LogP contribution is -2.36. The fourth-order valence-electron chi connectivity index (χ4n) is 1.30. The number of hydrogen-bond donors (Lipinski definition) is 2. The van der Waals surface area contributed by atoms with E-state index in [2.05, 4.69) is 16.9 Å². The van der Waals surface area contributed by atoms with Gasteiger partial charge in [-0.15, -0.1) is 0 Å². The van der Waals surface area contributed by atoms with Crippen molar-refractivity contribution in [2.24, 2.45) is 10.7 Å². The highest BCUT2D eigenvalue weighted by molar-refractivity contribution is 8.00. The molecule has 0 aromatic carbocycles. The topological polar surface area (TPSA) is 50.4 Å². The van der Waals surface area contributed by atoms with E-state index in [1.54, 1.807) is 0 Å². The van der Waals surface area contributed by atoms with Crippen molar-refractivity contribution in [2.75, 3.05) is 18.8 Å². The first kappa shape index (κ1) is 11.4. The summed E-state index contributed by atoms with van der Waals surface area (Å²) in [5.74, 6) is 1.83. The van der Waals surface area contributed by atoms with Crippen LogP contribution in [0.4, 0.5) is 0 Å². The van der Waals surface area contributed by atoms with Gasteiger partial charge in [0, 0.05) is 11.8 Å². The Bertz CT molecular complexity index is 219. The zero-order chi connectivity index (χ0) is 10.4. The van der Waals surface area contributed by atoms with E-state index in [0.29, 0.717) is 17.8 Å². The quantitative estimate of drug-likeness (QED) is 0.421. The third-order valence-corrected chi connectivity index (χ3v) is 3.45. The molecule has 0 aromatic rings. The van der Waals surface area contributed by atoms with Crippen LogP contribution in [0.2, 0.25) is 0 Å². The summed E-state index contributed by atoms with van der Waals surface area (Å²) in [5, 5.41) is 3.86. The number of guanidine groups is 1. The van der Waals surface area contributed by atoms with Crippen molar-refractivity contribution < 1.29 is 0 Å². The van der Waals surface area contributed by atoms with Crippen LogP contribution in [-0.4, -0.2) is 30.1 Å². The summed E-state index contributed by atoms with van der Waals surface area (Å²) in [6, 6.07) is 0. The van der Waals surface area contributed by atoms with Gasteiger partial charge >= 0.3 is 0 Å². The van der Waals surface area contributed by atoms with E-state index >= 15 is 0 Å². The summed E-state index contributed by atoms with van der Waals surface area (Å²) >= 11 is 2.02. The first-order valence-corrected chi connectivity index (χ1v) is 6.03. The predicted octanol–water partition coefficient (Wildman–Crippen LogP) is 1.36. The number of thioether (sulfide) groups is 1. The van der Waals surface area contributed by atoms with Gasteiger partial charge in [-0.2, -0.15) is 11.8 Å². The minimum Gasteiger partial charge on any atom is -0.370 e. The van der Waals surface area contributed by atoms with Crippen molar-refractivity contribution in [3.8, 4) is 0 Å². The van der Waals surface area contributed by atoms with E-state index in [1.807, 2.05) is 18.7 Å². The number of nitrogens with zero attached hydrogens (tertiary/aromatic N) is 1. The molecule has 0 aliphatic carbocycles. The van der Waals surface area contributed by atoms with E-state index < -0.39 is 0 Å². The van der Waals surface area contributed by atoms with Gasteiger partial charge in [0.15, 0.2) is 5.96 Å². The zero-order valence-corrected chi connectivity index (χ0v) is 9.57. The Morgan fingerprint density at radius 3 is 3.07 bits per heavy atom. The highest BCUT2D eigenvalue weighted by Crippen LogP contribution is 2.24. The summed E-state index contributed by atoms with van der Waals surface area (Å²) in [6.45, 7) is 7.28. The van der Waals surface area contributed by atoms with Gasteiger partial charge in [-0.1, -0.05) is 12.2 Å². The molecule has 3 N–H and O–H groups in total. The molecule has 1 fully saturated rings. The number of hydrogen-bond acceptors (Lipinski definition) is 2. The average Bonchev–Trinajstić information content (AvgIpc) is 2.63. The molecule has 0 aromatic heterocycles. The molecule has 0 radical (unpaired) electrons. The molecule has 0 bridgehead atoms. The Labute approximate surface area is 90.2 Å². The molecule has 1 heterocycles. The lowest BCUT2D eigenvalue weighted by atomic mass is 10.2. The molecule has 0 spiro atoms. The van der Waals surface area contributed by atoms with Crippen LogP contribution in [0.3, 0.4) is 0 Å². The zero-order valence-electron chi connectivity index (χ0n) is 8.75. The molecule has 1 aliphatic rings. The standard InChI is InChI=1S/C10H19N3S/c1-8(2)6-12-10(11)13-7-9-4-3-5-14-9/h9H,1,3-7H2,2H3,(H3,11,12,13). The SMILES string of the molecule is C=C(C)CN=C(N)NCC1CCCS1. The van der Waals surface area contributed by atoms with E-state index in [0.717, 1.165) is 12.1 Å². The molecule has 0 saturated carbocycles. The maximum absolute atomic E-state index is 5.69. The molecule has 1 atom stereocenters. The molecule has 14 heavy (non-hydrogen) atoms. The van der Waals surface area contributed by atoms with E-state index in [-0.39, 0.29) is 0 Å². The van der Waals surface area contributed by atoms with Crippen LogP contribution in [0, 0.1) is 0 Å². The second-order valence-corrected chi connectivity index (χ2v) is 5.08. The molecule has 4 heteroatoms. The smallest absolute Gasteiger partial charge is 0.188 e. The van der Waals surface area contributed by atoms with Gasteiger partial charge in [-0.05, 0) is 25.5 Å². The molecular formula is C10H19N3S. The Kier molecular flexibility index (Phi) is 4.87. The van der Waals surface area contributed by atoms with Crippen LogP contribution >= 0.6 is 11.8 Å². The molecule has 1 unspecified atom stereocenters. The highest BCUT2D eigenvalue weighted by atomic mass is 32.2. The number of aliphatic imine (C=N–C) groups is 1. The summed E-state index contributed by atoms with van der Waals surface area (Å²) in [7, 11) is 0. The minimum absolute atomic E-state index is 0.542. The predicted molar refractivity (Wildman–Crippen MR) is 64.8 cm³/mol. The van der Waals surface area contributed by atoms with Gasteiger partial charge in [0.2, 0.25) is 0 Å². The van der Waals surface area contributed by atoms with Crippen LogP contribution in [0.25, 0.3) is 0 Å². The maximum Gasteiger partial charge on any atom is 0.188 e. The van der Waals surface area contributed by atoms with Crippen LogP contribution in [0.15, 0.2) is 17.1 Å². The van der Waals surface area contributed by atoms with Crippen molar-refractivity contribution in [3.05, 3.63) is 12.2 Å². The molecule has 80 valence electrons. The number of nitrogens with two attached hydrogens (primary N) is 1. The van der Waals surface area contributed by atoms with Crippen molar-refractivity contribution in [1.82, 2.24) is 5.32 Å². The average molecular weight is 213 g/mol. The van der Waals surface area contributed by atoms with Gasteiger partial charge in [0.05, 0.1) is 6.54 Å². The Hall–Kier alpha value is -0.640. The normalized spacial score (nSPS) is 22.4. The first-order chi connectivity index (χ1) is 6.68. The van der Waals surface area contributed by atoms with Gasteiger partial charge in [-0.3, -0.25) is 0 Å². The highest BCUT2D eigenvalue weighted by Gasteiger charge is 2.14. The lowest BCUT2D eigenvalue weighted by molar-refractivity contribution is 0.743. The molecule has 1 aliphatic heterocycles. The molecule has 1 rings (SSSR count). The Morgan fingerprint density at radius 1 is 1.71 bits per heavy atom. The summed E-state index contributed by atoms with van der Waals surface area (Å²) in [4.78, 5) is 4.16. The minimum atomic E-state index is 0.542. The third kappa shape index (κ3) is 4.56. The number of rotatable bonds is 4. The van der Waals surface area contributed by atoms with Gasteiger partial charge in [0.25, 0.3) is 0 Å². The second-order valence-electron chi connectivity index (χ2n) is 3.67. The van der Waals surface area contributed by atoms with Crippen LogP contribution < -0.4 is 11.1 Å². The van der Waals surface area contributed by atoms with Crippen LogP contribution in [-0.2, 0) is 0 Å². The monoisotopic (exact) mass is 213 g/mol. The van der Waals surface area contributed by atoms with Crippen molar-refractivity contribution in [3.63, 3.8) is 0 Å². The van der Waals surface area contributed by atoms with Crippen LogP contribution in [0.1, 0.15) is 19.8 Å². The maximum atomic E-state index is 5.69. The fourth-order valence-corrected chi connectivity index (χ4v) is 2.50. The Morgan fingerprint density at radius 2 is 2.50 bits per heavy atom. The Balaban J connectivity index is 2.16. The second kappa shape index (κ2) is 5.96. The molecule has 0 amide bonds. The summed E-state index contributed by atoms with van der Waals surface area (Å²) in [5.41, 5.74) is 6.72. The molecule has 3 nitrogen and oxygen atoms in total. The van der Waals surface area contributed by atoms with Crippen molar-refractivity contribution >= 4 is 17.7 Å². The molecular weight excluding hydrogens is 194 g/mol. The van der Waals surface area contributed by atoms with Crippen molar-refractivity contribution in [1.29, 1.82) is 0 Å².